The van der Waals surface area contributed by atoms with E-state index in [1.807, 2.05) is 0 Å². The Hall–Kier alpha value is -0.900. The molecular formula is C17H30N2O. The summed E-state index contributed by atoms with van der Waals surface area (Å²) in [6.07, 6.45) is 3.56. The summed E-state index contributed by atoms with van der Waals surface area (Å²) in [5.41, 5.74) is 1.38. The molecule has 0 aliphatic heterocycles. The molecule has 1 N–H and O–H groups in total. The fourth-order valence-corrected chi connectivity index (χ4v) is 2.07. The van der Waals surface area contributed by atoms with Crippen LogP contribution >= 0.6 is 0 Å². The maximum Gasteiger partial charge on any atom is 0.0590 e. The maximum atomic E-state index is 5.51. The second kappa shape index (κ2) is 11.9. The van der Waals surface area contributed by atoms with Crippen molar-refractivity contribution in [1.82, 2.24) is 10.2 Å². The summed E-state index contributed by atoms with van der Waals surface area (Å²) in [5, 5.41) is 3.43. The smallest absolute Gasteiger partial charge is 0.0590 e. The predicted octanol–water partition coefficient (Wildman–Crippen LogP) is 2.91. The second-order valence-corrected chi connectivity index (χ2v) is 5.29. The quantitative estimate of drug-likeness (QED) is 0.595. The fraction of sp³-hybridized carbons (Fsp3) is 0.647. The van der Waals surface area contributed by atoms with Gasteiger partial charge in [-0.3, -0.25) is 0 Å². The second-order valence-electron chi connectivity index (χ2n) is 5.29. The molecular weight excluding hydrogens is 248 g/mol. The molecule has 0 aromatic heterocycles. The Morgan fingerprint density at radius 3 is 2.60 bits per heavy atom. The first-order valence-corrected chi connectivity index (χ1v) is 7.84. The summed E-state index contributed by atoms with van der Waals surface area (Å²) >= 11 is 0. The summed E-state index contributed by atoms with van der Waals surface area (Å²) in [5.74, 6) is 0. The van der Waals surface area contributed by atoms with Gasteiger partial charge in [0.2, 0.25) is 0 Å². The third-order valence-corrected chi connectivity index (χ3v) is 3.25. The van der Waals surface area contributed by atoms with E-state index in [4.69, 9.17) is 4.74 Å². The SMILES string of the molecule is CCCCOCCNCCCN(C)Cc1ccccc1. The summed E-state index contributed by atoms with van der Waals surface area (Å²) in [6, 6.07) is 10.6. The standard InChI is InChI=1S/C17H30N2O/c1-3-4-14-20-15-12-18-11-8-13-19(2)16-17-9-6-5-7-10-17/h5-7,9-10,18H,3-4,8,11-16H2,1-2H3. The monoisotopic (exact) mass is 278 g/mol. The van der Waals surface area contributed by atoms with Gasteiger partial charge in [-0.05, 0) is 38.5 Å². The summed E-state index contributed by atoms with van der Waals surface area (Å²) in [4.78, 5) is 2.37. The number of hydrogen-bond donors (Lipinski definition) is 1. The highest BCUT2D eigenvalue weighted by atomic mass is 16.5. The van der Waals surface area contributed by atoms with Crippen LogP contribution in [0, 0.1) is 0 Å². The van der Waals surface area contributed by atoms with E-state index in [9.17, 15) is 0 Å². The molecule has 0 fully saturated rings. The van der Waals surface area contributed by atoms with Crippen LogP contribution in [0.3, 0.4) is 0 Å². The zero-order valence-corrected chi connectivity index (χ0v) is 13.1. The molecule has 0 unspecified atom stereocenters. The number of benzene rings is 1. The van der Waals surface area contributed by atoms with Crippen LogP contribution < -0.4 is 5.32 Å². The van der Waals surface area contributed by atoms with Crippen molar-refractivity contribution < 1.29 is 4.74 Å². The molecule has 0 spiro atoms. The van der Waals surface area contributed by atoms with Crippen LogP contribution in [0.5, 0.6) is 0 Å². The summed E-state index contributed by atoms with van der Waals surface area (Å²) in [7, 11) is 2.18. The van der Waals surface area contributed by atoms with E-state index in [2.05, 4.69) is 54.5 Å². The minimum atomic E-state index is 0.833. The highest BCUT2D eigenvalue weighted by molar-refractivity contribution is 5.14. The van der Waals surface area contributed by atoms with E-state index in [0.717, 1.165) is 39.4 Å². The van der Waals surface area contributed by atoms with Crippen LogP contribution in [-0.2, 0) is 11.3 Å². The number of nitrogens with one attached hydrogen (secondary N) is 1. The molecule has 0 saturated carbocycles. The van der Waals surface area contributed by atoms with Crippen LogP contribution in [0.25, 0.3) is 0 Å². The van der Waals surface area contributed by atoms with Crippen molar-refractivity contribution in [2.75, 3.05) is 39.9 Å². The molecule has 1 rings (SSSR count). The Labute approximate surface area is 124 Å². The molecule has 1 aromatic carbocycles. The highest BCUT2D eigenvalue weighted by Crippen LogP contribution is 2.02. The van der Waals surface area contributed by atoms with E-state index in [0.29, 0.717) is 0 Å². The molecule has 114 valence electrons. The topological polar surface area (TPSA) is 24.5 Å². The fourth-order valence-electron chi connectivity index (χ4n) is 2.07. The maximum absolute atomic E-state index is 5.51. The van der Waals surface area contributed by atoms with Crippen molar-refractivity contribution in [1.29, 1.82) is 0 Å². The van der Waals surface area contributed by atoms with E-state index in [1.54, 1.807) is 0 Å². The van der Waals surface area contributed by atoms with Gasteiger partial charge in [-0.1, -0.05) is 43.7 Å². The van der Waals surface area contributed by atoms with Gasteiger partial charge in [0.05, 0.1) is 6.61 Å². The minimum Gasteiger partial charge on any atom is -0.380 e. The zero-order chi connectivity index (χ0) is 14.5. The first-order valence-electron chi connectivity index (χ1n) is 7.84. The summed E-state index contributed by atoms with van der Waals surface area (Å²) in [6.45, 7) is 8.10. The first-order chi connectivity index (χ1) is 9.83. The van der Waals surface area contributed by atoms with Crippen molar-refractivity contribution in [3.63, 3.8) is 0 Å². The van der Waals surface area contributed by atoms with Crippen LogP contribution in [0.15, 0.2) is 30.3 Å². The van der Waals surface area contributed by atoms with Crippen LogP contribution in [0.4, 0.5) is 0 Å². The van der Waals surface area contributed by atoms with Gasteiger partial charge < -0.3 is 15.0 Å². The van der Waals surface area contributed by atoms with Gasteiger partial charge in [-0.2, -0.15) is 0 Å². The van der Waals surface area contributed by atoms with Crippen molar-refractivity contribution in [2.24, 2.45) is 0 Å². The summed E-state index contributed by atoms with van der Waals surface area (Å²) < 4.78 is 5.51. The number of nitrogens with zero attached hydrogens (tertiary/aromatic N) is 1. The molecule has 0 heterocycles. The van der Waals surface area contributed by atoms with Gasteiger partial charge >= 0.3 is 0 Å². The Kier molecular flexibility index (Phi) is 10.2. The number of rotatable bonds is 12. The molecule has 0 aliphatic rings. The van der Waals surface area contributed by atoms with E-state index >= 15 is 0 Å². The van der Waals surface area contributed by atoms with Crippen molar-refractivity contribution in [2.45, 2.75) is 32.7 Å². The van der Waals surface area contributed by atoms with Gasteiger partial charge in [0, 0.05) is 19.7 Å². The normalized spacial score (nSPS) is 11.2. The van der Waals surface area contributed by atoms with Gasteiger partial charge in [0.15, 0.2) is 0 Å². The van der Waals surface area contributed by atoms with Crippen molar-refractivity contribution in [3.8, 4) is 0 Å². The molecule has 1 aromatic rings. The van der Waals surface area contributed by atoms with Crippen molar-refractivity contribution in [3.05, 3.63) is 35.9 Å². The predicted molar refractivity (Wildman–Crippen MR) is 86.0 cm³/mol. The number of ether oxygens (including phenoxy) is 1. The molecule has 20 heavy (non-hydrogen) atoms. The number of unbranched alkanes of at least 4 members (excludes halogenated alkanes) is 1. The zero-order valence-electron chi connectivity index (χ0n) is 13.1. The first kappa shape index (κ1) is 17.2. The van der Waals surface area contributed by atoms with Gasteiger partial charge in [0.25, 0.3) is 0 Å². The molecule has 3 heteroatoms. The average Bonchev–Trinajstić information content (AvgIpc) is 2.46. The Morgan fingerprint density at radius 2 is 1.85 bits per heavy atom. The molecule has 0 aliphatic carbocycles. The lowest BCUT2D eigenvalue weighted by atomic mass is 10.2. The third kappa shape index (κ3) is 9.08. The van der Waals surface area contributed by atoms with E-state index in [1.165, 1.54) is 24.8 Å². The van der Waals surface area contributed by atoms with Crippen LogP contribution in [-0.4, -0.2) is 44.8 Å². The molecule has 0 amide bonds. The minimum absolute atomic E-state index is 0.833. The van der Waals surface area contributed by atoms with Gasteiger partial charge in [-0.25, -0.2) is 0 Å². The highest BCUT2D eigenvalue weighted by Gasteiger charge is 1.99. The van der Waals surface area contributed by atoms with Gasteiger partial charge in [0.1, 0.15) is 0 Å². The Morgan fingerprint density at radius 1 is 1.05 bits per heavy atom. The lowest BCUT2D eigenvalue weighted by Crippen LogP contribution is -2.26. The largest absolute Gasteiger partial charge is 0.380 e. The molecule has 0 saturated heterocycles. The number of hydrogen-bond acceptors (Lipinski definition) is 3. The van der Waals surface area contributed by atoms with Crippen LogP contribution in [0.1, 0.15) is 31.7 Å². The Bertz CT molecular complexity index is 316. The molecule has 0 bridgehead atoms. The van der Waals surface area contributed by atoms with Gasteiger partial charge in [-0.15, -0.1) is 0 Å². The lowest BCUT2D eigenvalue weighted by Gasteiger charge is -2.16. The molecule has 3 nitrogen and oxygen atoms in total. The van der Waals surface area contributed by atoms with E-state index in [-0.39, 0.29) is 0 Å². The molecule has 0 radical (unpaired) electrons. The molecule has 0 atom stereocenters. The van der Waals surface area contributed by atoms with Crippen molar-refractivity contribution >= 4 is 0 Å². The average molecular weight is 278 g/mol. The third-order valence-electron chi connectivity index (χ3n) is 3.25. The van der Waals surface area contributed by atoms with Crippen LogP contribution in [0.2, 0.25) is 0 Å². The van der Waals surface area contributed by atoms with E-state index < -0.39 is 0 Å². The lowest BCUT2D eigenvalue weighted by molar-refractivity contribution is 0.133. The Balaban J connectivity index is 1.91.